The van der Waals surface area contributed by atoms with Gasteiger partial charge in [-0.3, -0.25) is 4.79 Å². The number of rotatable bonds is 4. The number of ether oxygens (including phenoxy) is 1. The van der Waals surface area contributed by atoms with Gasteiger partial charge in [0.1, 0.15) is 6.10 Å². The number of nitrogens with zero attached hydrogens (tertiary/aromatic N) is 2. The molecule has 0 aliphatic heterocycles. The third-order valence-electron chi connectivity index (χ3n) is 3.74. The fourth-order valence-corrected chi connectivity index (χ4v) is 2.07. The van der Waals surface area contributed by atoms with Gasteiger partial charge in [0.05, 0.1) is 11.4 Å². The van der Waals surface area contributed by atoms with Gasteiger partial charge in [0, 0.05) is 5.39 Å². The van der Waals surface area contributed by atoms with E-state index in [1.807, 2.05) is 34.6 Å². The maximum Gasteiger partial charge on any atom is 0.359 e. The summed E-state index contributed by atoms with van der Waals surface area (Å²) >= 11 is 0. The predicted octanol–water partition coefficient (Wildman–Crippen LogP) is 3.18. The second-order valence-electron chi connectivity index (χ2n) is 6.09. The second kappa shape index (κ2) is 6.30. The molecule has 0 fully saturated rings. The van der Waals surface area contributed by atoms with E-state index in [4.69, 9.17) is 4.74 Å². The minimum absolute atomic E-state index is 0.133. The van der Waals surface area contributed by atoms with Gasteiger partial charge in [0.15, 0.2) is 5.69 Å². The van der Waals surface area contributed by atoms with Crippen molar-refractivity contribution in [3.63, 3.8) is 0 Å². The Morgan fingerprint density at radius 2 is 1.68 bits per heavy atom. The van der Waals surface area contributed by atoms with E-state index in [0.29, 0.717) is 10.8 Å². The zero-order valence-corrected chi connectivity index (χ0v) is 13.7. The fourth-order valence-electron chi connectivity index (χ4n) is 2.07. The van der Waals surface area contributed by atoms with Crippen LogP contribution in [0.15, 0.2) is 29.1 Å². The molecule has 1 aromatic heterocycles. The number of fused-ring (bicyclic) bond motifs is 1. The molecule has 0 radical (unpaired) electrons. The van der Waals surface area contributed by atoms with Crippen molar-refractivity contribution in [2.24, 2.45) is 5.92 Å². The fraction of sp³-hybridized carbons (Fsp3) is 0.471. The molecule has 0 aliphatic rings. The number of benzene rings is 1. The average Bonchev–Trinajstić information content (AvgIpc) is 2.47. The second-order valence-corrected chi connectivity index (χ2v) is 6.09. The van der Waals surface area contributed by atoms with Gasteiger partial charge in [-0.05, 0) is 32.8 Å². The van der Waals surface area contributed by atoms with Crippen LogP contribution in [0.1, 0.15) is 51.1 Å². The maximum atomic E-state index is 12.5. The van der Waals surface area contributed by atoms with E-state index in [9.17, 15) is 9.59 Å². The number of aromatic nitrogens is 2. The summed E-state index contributed by atoms with van der Waals surface area (Å²) < 4.78 is 6.80. The van der Waals surface area contributed by atoms with Crippen molar-refractivity contribution in [1.82, 2.24) is 9.78 Å². The standard InChI is InChI=1S/C17H22N2O3/c1-10(2)12(5)22-17(21)15-13-8-6-7-9-14(13)16(20)19(18-15)11(3)4/h6-12H,1-5H3. The lowest BCUT2D eigenvalue weighted by Gasteiger charge is -2.18. The van der Waals surface area contributed by atoms with Crippen LogP contribution in [0.25, 0.3) is 10.8 Å². The van der Waals surface area contributed by atoms with Gasteiger partial charge < -0.3 is 4.74 Å². The summed E-state index contributed by atoms with van der Waals surface area (Å²) in [6.45, 7) is 9.53. The summed E-state index contributed by atoms with van der Waals surface area (Å²) in [6, 6.07) is 6.86. The summed E-state index contributed by atoms with van der Waals surface area (Å²) in [7, 11) is 0. The van der Waals surface area contributed by atoms with Gasteiger partial charge in [-0.1, -0.05) is 32.0 Å². The van der Waals surface area contributed by atoms with Crippen LogP contribution in [0.3, 0.4) is 0 Å². The number of esters is 1. The van der Waals surface area contributed by atoms with E-state index in [1.165, 1.54) is 4.68 Å². The SMILES string of the molecule is CC(C)C(C)OC(=O)c1nn(C(C)C)c(=O)c2ccccc12. The molecule has 22 heavy (non-hydrogen) atoms. The molecular weight excluding hydrogens is 280 g/mol. The van der Waals surface area contributed by atoms with Gasteiger partial charge in [-0.2, -0.15) is 5.10 Å². The van der Waals surface area contributed by atoms with Crippen LogP contribution in [0.4, 0.5) is 0 Å². The molecule has 1 unspecified atom stereocenters. The largest absolute Gasteiger partial charge is 0.458 e. The predicted molar refractivity (Wildman–Crippen MR) is 86.1 cm³/mol. The number of carbonyl (C=O) groups is 1. The Balaban J connectivity index is 2.60. The highest BCUT2D eigenvalue weighted by Gasteiger charge is 2.21. The van der Waals surface area contributed by atoms with Crippen molar-refractivity contribution in [1.29, 1.82) is 0 Å². The van der Waals surface area contributed by atoms with E-state index in [1.54, 1.807) is 24.3 Å². The zero-order valence-electron chi connectivity index (χ0n) is 13.7. The summed E-state index contributed by atoms with van der Waals surface area (Å²) in [5.41, 5.74) is -0.00421. The monoisotopic (exact) mass is 302 g/mol. The van der Waals surface area contributed by atoms with E-state index in [0.717, 1.165) is 0 Å². The van der Waals surface area contributed by atoms with Gasteiger partial charge in [-0.25, -0.2) is 9.48 Å². The first-order valence-corrected chi connectivity index (χ1v) is 7.55. The van der Waals surface area contributed by atoms with Gasteiger partial charge >= 0.3 is 5.97 Å². The number of hydrogen-bond donors (Lipinski definition) is 0. The molecule has 1 atom stereocenters. The Kier molecular flexibility index (Phi) is 4.64. The van der Waals surface area contributed by atoms with Crippen LogP contribution >= 0.6 is 0 Å². The summed E-state index contributed by atoms with van der Waals surface area (Å²) in [6.07, 6.45) is -0.215. The van der Waals surface area contributed by atoms with E-state index < -0.39 is 5.97 Å². The average molecular weight is 302 g/mol. The third kappa shape index (κ3) is 3.03. The molecule has 118 valence electrons. The normalized spacial score (nSPS) is 12.9. The number of carbonyl (C=O) groups excluding carboxylic acids is 1. The van der Waals surface area contributed by atoms with Crippen molar-refractivity contribution >= 4 is 16.7 Å². The molecular formula is C17H22N2O3. The van der Waals surface area contributed by atoms with Gasteiger partial charge in [0.25, 0.3) is 5.56 Å². The first-order chi connectivity index (χ1) is 10.3. The Morgan fingerprint density at radius 1 is 1.09 bits per heavy atom. The van der Waals surface area contributed by atoms with Crippen LogP contribution in [0.2, 0.25) is 0 Å². The van der Waals surface area contributed by atoms with E-state index >= 15 is 0 Å². The molecule has 0 spiro atoms. The minimum Gasteiger partial charge on any atom is -0.458 e. The summed E-state index contributed by atoms with van der Waals surface area (Å²) in [5, 5.41) is 5.26. The lowest BCUT2D eigenvalue weighted by atomic mass is 10.1. The summed E-state index contributed by atoms with van der Waals surface area (Å²) in [4.78, 5) is 24.9. The highest BCUT2D eigenvalue weighted by molar-refractivity contribution is 6.02. The summed E-state index contributed by atoms with van der Waals surface area (Å²) in [5.74, 6) is -0.280. The molecule has 1 heterocycles. The first kappa shape index (κ1) is 16.2. The maximum absolute atomic E-state index is 12.5. The van der Waals surface area contributed by atoms with Crippen molar-refractivity contribution in [3.05, 3.63) is 40.3 Å². The molecule has 0 amide bonds. The van der Waals surface area contributed by atoms with Gasteiger partial charge in [0.2, 0.25) is 0 Å². The molecule has 2 aromatic rings. The molecule has 5 heteroatoms. The highest BCUT2D eigenvalue weighted by Crippen LogP contribution is 2.17. The quantitative estimate of drug-likeness (QED) is 0.814. The smallest absolute Gasteiger partial charge is 0.359 e. The topological polar surface area (TPSA) is 61.2 Å². The van der Waals surface area contributed by atoms with Gasteiger partial charge in [-0.15, -0.1) is 0 Å². The molecule has 0 saturated carbocycles. The van der Waals surface area contributed by atoms with Crippen LogP contribution in [0, 0.1) is 5.92 Å². The zero-order chi connectivity index (χ0) is 16.4. The molecule has 0 aliphatic carbocycles. The van der Waals surface area contributed by atoms with Crippen molar-refractivity contribution in [2.45, 2.75) is 46.8 Å². The Hall–Kier alpha value is -2.17. The van der Waals surface area contributed by atoms with Crippen LogP contribution < -0.4 is 5.56 Å². The highest BCUT2D eigenvalue weighted by atomic mass is 16.5. The van der Waals surface area contributed by atoms with E-state index in [2.05, 4.69) is 5.10 Å². The van der Waals surface area contributed by atoms with Crippen LogP contribution in [0.5, 0.6) is 0 Å². The molecule has 1 aromatic carbocycles. The first-order valence-electron chi connectivity index (χ1n) is 7.55. The molecule has 0 N–H and O–H groups in total. The Bertz CT molecular complexity index is 747. The Morgan fingerprint density at radius 3 is 2.23 bits per heavy atom. The van der Waals surface area contributed by atoms with Crippen LogP contribution in [-0.2, 0) is 4.74 Å². The van der Waals surface area contributed by atoms with Crippen molar-refractivity contribution in [3.8, 4) is 0 Å². The lowest BCUT2D eigenvalue weighted by molar-refractivity contribution is 0.0230. The van der Waals surface area contributed by atoms with Crippen molar-refractivity contribution < 1.29 is 9.53 Å². The number of hydrogen-bond acceptors (Lipinski definition) is 4. The molecule has 5 nitrogen and oxygen atoms in total. The molecule has 0 bridgehead atoms. The lowest BCUT2D eigenvalue weighted by Crippen LogP contribution is -2.29. The van der Waals surface area contributed by atoms with Crippen molar-refractivity contribution in [2.75, 3.05) is 0 Å². The van der Waals surface area contributed by atoms with Crippen LogP contribution in [-0.4, -0.2) is 21.9 Å². The molecule has 2 rings (SSSR count). The van der Waals surface area contributed by atoms with E-state index in [-0.39, 0.29) is 29.3 Å². The third-order valence-corrected chi connectivity index (χ3v) is 3.74. The Labute approximate surface area is 129 Å². The molecule has 0 saturated heterocycles. The minimum atomic E-state index is -0.494.